The topological polar surface area (TPSA) is 55.4 Å². The van der Waals surface area contributed by atoms with Crippen LogP contribution in [0.15, 0.2) is 29.2 Å². The fraction of sp³-hybridized carbons (Fsp3) is 0.500. The Labute approximate surface area is 103 Å². The first-order valence-electron chi connectivity index (χ1n) is 5.49. The van der Waals surface area contributed by atoms with E-state index in [1.807, 2.05) is 20.8 Å². The van der Waals surface area contributed by atoms with Crippen molar-refractivity contribution < 1.29 is 13.2 Å². The number of rotatable bonds is 5. The van der Waals surface area contributed by atoms with E-state index < -0.39 is 15.6 Å². The van der Waals surface area contributed by atoms with Crippen molar-refractivity contribution in [3.05, 3.63) is 24.3 Å². The molecule has 17 heavy (non-hydrogen) atoms. The maximum atomic E-state index is 12.2. The SMILES string of the molecule is CCC(C)(C)NS(=O)(=O)c1ccccc1OC. The third-order valence-corrected chi connectivity index (χ3v) is 4.39. The van der Waals surface area contributed by atoms with Gasteiger partial charge in [-0.25, -0.2) is 13.1 Å². The van der Waals surface area contributed by atoms with Crippen LogP contribution in [0.1, 0.15) is 27.2 Å². The Bertz CT molecular complexity index is 480. The molecule has 0 radical (unpaired) electrons. The van der Waals surface area contributed by atoms with Gasteiger partial charge in [0.2, 0.25) is 10.0 Å². The number of sulfonamides is 1. The number of benzene rings is 1. The van der Waals surface area contributed by atoms with E-state index in [1.54, 1.807) is 18.2 Å². The third kappa shape index (κ3) is 3.44. The molecule has 0 bridgehead atoms. The predicted octanol–water partition coefficient (Wildman–Crippen LogP) is 2.16. The molecule has 0 saturated carbocycles. The quantitative estimate of drug-likeness (QED) is 0.879. The molecule has 96 valence electrons. The van der Waals surface area contributed by atoms with Gasteiger partial charge in [-0.15, -0.1) is 0 Å². The van der Waals surface area contributed by atoms with Crippen molar-refractivity contribution in [1.29, 1.82) is 0 Å². The summed E-state index contributed by atoms with van der Waals surface area (Å²) in [5.74, 6) is 0.354. The summed E-state index contributed by atoms with van der Waals surface area (Å²) in [6.07, 6.45) is 0.710. The Morgan fingerprint density at radius 3 is 2.41 bits per heavy atom. The molecule has 0 aliphatic heterocycles. The number of para-hydroxylation sites is 1. The second-order valence-corrected chi connectivity index (χ2v) is 6.14. The number of nitrogens with one attached hydrogen (secondary N) is 1. The lowest BCUT2D eigenvalue weighted by atomic mass is 10.0. The molecule has 0 unspecified atom stereocenters. The normalized spacial score (nSPS) is 12.5. The van der Waals surface area contributed by atoms with Crippen LogP contribution in [0.3, 0.4) is 0 Å². The summed E-state index contributed by atoms with van der Waals surface area (Å²) < 4.78 is 32.1. The first kappa shape index (κ1) is 14.0. The second kappa shape index (κ2) is 5.06. The summed E-state index contributed by atoms with van der Waals surface area (Å²) in [5.41, 5.74) is -0.473. The summed E-state index contributed by atoms with van der Waals surface area (Å²) in [7, 11) is -2.09. The van der Waals surface area contributed by atoms with Crippen molar-refractivity contribution in [1.82, 2.24) is 4.72 Å². The van der Waals surface area contributed by atoms with Crippen molar-refractivity contribution in [2.45, 2.75) is 37.6 Å². The largest absolute Gasteiger partial charge is 0.495 e. The molecule has 0 aromatic heterocycles. The lowest BCUT2D eigenvalue weighted by Gasteiger charge is -2.24. The van der Waals surface area contributed by atoms with E-state index in [9.17, 15) is 8.42 Å². The lowest BCUT2D eigenvalue weighted by molar-refractivity contribution is 0.399. The Morgan fingerprint density at radius 2 is 1.88 bits per heavy atom. The van der Waals surface area contributed by atoms with Gasteiger partial charge in [-0.3, -0.25) is 0 Å². The van der Waals surface area contributed by atoms with Gasteiger partial charge in [0, 0.05) is 5.54 Å². The Hall–Kier alpha value is -1.07. The van der Waals surface area contributed by atoms with E-state index in [0.717, 1.165) is 0 Å². The molecule has 4 nitrogen and oxygen atoms in total. The van der Waals surface area contributed by atoms with Crippen LogP contribution in [0, 0.1) is 0 Å². The second-order valence-electron chi connectivity index (χ2n) is 4.49. The molecule has 0 aliphatic carbocycles. The van der Waals surface area contributed by atoms with Crippen LogP contribution in [-0.4, -0.2) is 21.1 Å². The summed E-state index contributed by atoms with van der Waals surface area (Å²) in [4.78, 5) is 0.170. The summed E-state index contributed by atoms with van der Waals surface area (Å²) in [6, 6.07) is 6.58. The minimum absolute atomic E-state index is 0.170. The van der Waals surface area contributed by atoms with Gasteiger partial charge in [0.05, 0.1) is 7.11 Å². The summed E-state index contributed by atoms with van der Waals surface area (Å²) in [5, 5.41) is 0. The van der Waals surface area contributed by atoms with E-state index in [1.165, 1.54) is 13.2 Å². The van der Waals surface area contributed by atoms with Crippen LogP contribution in [0.2, 0.25) is 0 Å². The van der Waals surface area contributed by atoms with E-state index >= 15 is 0 Å². The minimum atomic E-state index is -3.55. The molecule has 0 atom stereocenters. The van der Waals surface area contributed by atoms with E-state index in [4.69, 9.17) is 4.74 Å². The highest BCUT2D eigenvalue weighted by Crippen LogP contribution is 2.24. The standard InChI is InChI=1S/C12H19NO3S/c1-5-12(2,3)13-17(14,15)11-9-7-6-8-10(11)16-4/h6-9,13H,5H2,1-4H3. The lowest BCUT2D eigenvalue weighted by Crippen LogP contribution is -2.42. The zero-order chi connectivity index (χ0) is 13.1. The summed E-state index contributed by atoms with van der Waals surface area (Å²) >= 11 is 0. The summed E-state index contributed by atoms with van der Waals surface area (Å²) in [6.45, 7) is 5.63. The first-order chi connectivity index (χ1) is 7.82. The molecule has 1 rings (SSSR count). The zero-order valence-electron chi connectivity index (χ0n) is 10.6. The van der Waals surface area contributed by atoms with Gasteiger partial charge in [0.25, 0.3) is 0 Å². The van der Waals surface area contributed by atoms with Crippen LogP contribution in [-0.2, 0) is 10.0 Å². The molecule has 0 heterocycles. The predicted molar refractivity (Wildman–Crippen MR) is 67.7 cm³/mol. The fourth-order valence-electron chi connectivity index (χ4n) is 1.33. The number of methoxy groups -OCH3 is 1. The smallest absolute Gasteiger partial charge is 0.244 e. The molecule has 0 spiro atoms. The van der Waals surface area contributed by atoms with Gasteiger partial charge < -0.3 is 4.74 Å². The molecule has 1 N–H and O–H groups in total. The highest BCUT2D eigenvalue weighted by molar-refractivity contribution is 7.89. The molecule has 0 aliphatic rings. The van der Waals surface area contributed by atoms with Crippen molar-refractivity contribution in [3.8, 4) is 5.75 Å². The maximum Gasteiger partial charge on any atom is 0.244 e. The average Bonchev–Trinajstić information content (AvgIpc) is 2.28. The van der Waals surface area contributed by atoms with Crippen LogP contribution in [0.25, 0.3) is 0 Å². The van der Waals surface area contributed by atoms with Crippen LogP contribution >= 0.6 is 0 Å². The molecule has 1 aromatic rings. The van der Waals surface area contributed by atoms with Crippen molar-refractivity contribution >= 4 is 10.0 Å². The number of hydrogen-bond donors (Lipinski definition) is 1. The molecule has 0 saturated heterocycles. The molecule has 0 amide bonds. The Morgan fingerprint density at radius 1 is 1.29 bits per heavy atom. The van der Waals surface area contributed by atoms with Gasteiger partial charge in [0.1, 0.15) is 10.6 Å². The number of hydrogen-bond acceptors (Lipinski definition) is 3. The van der Waals surface area contributed by atoms with Gasteiger partial charge in [0.15, 0.2) is 0 Å². The minimum Gasteiger partial charge on any atom is -0.495 e. The highest BCUT2D eigenvalue weighted by Gasteiger charge is 2.26. The highest BCUT2D eigenvalue weighted by atomic mass is 32.2. The van der Waals surface area contributed by atoms with Gasteiger partial charge in [-0.2, -0.15) is 0 Å². The zero-order valence-corrected chi connectivity index (χ0v) is 11.5. The van der Waals surface area contributed by atoms with Crippen LogP contribution in [0.4, 0.5) is 0 Å². The molecule has 5 heteroatoms. The van der Waals surface area contributed by atoms with Gasteiger partial charge in [-0.05, 0) is 32.4 Å². The monoisotopic (exact) mass is 257 g/mol. The average molecular weight is 257 g/mol. The first-order valence-corrected chi connectivity index (χ1v) is 6.98. The molecular weight excluding hydrogens is 238 g/mol. The third-order valence-electron chi connectivity index (χ3n) is 2.65. The molecule has 0 fully saturated rings. The molecule has 1 aromatic carbocycles. The van der Waals surface area contributed by atoms with Gasteiger partial charge in [-0.1, -0.05) is 19.1 Å². The van der Waals surface area contributed by atoms with Gasteiger partial charge >= 0.3 is 0 Å². The van der Waals surface area contributed by atoms with Crippen molar-refractivity contribution in [3.63, 3.8) is 0 Å². The maximum absolute atomic E-state index is 12.2. The van der Waals surface area contributed by atoms with Crippen LogP contribution in [0.5, 0.6) is 5.75 Å². The van der Waals surface area contributed by atoms with E-state index in [0.29, 0.717) is 12.2 Å². The van der Waals surface area contributed by atoms with E-state index in [2.05, 4.69) is 4.72 Å². The fourth-order valence-corrected chi connectivity index (χ4v) is 2.99. The van der Waals surface area contributed by atoms with Crippen LogP contribution < -0.4 is 9.46 Å². The van der Waals surface area contributed by atoms with Crippen molar-refractivity contribution in [2.24, 2.45) is 0 Å². The Kier molecular flexibility index (Phi) is 4.16. The molecular formula is C12H19NO3S. The number of ether oxygens (including phenoxy) is 1. The Balaban J connectivity index is 3.14. The van der Waals surface area contributed by atoms with Crippen molar-refractivity contribution in [2.75, 3.05) is 7.11 Å². The van der Waals surface area contributed by atoms with E-state index in [-0.39, 0.29) is 4.90 Å².